The number of nitro benzene ring substituents is 1. The molecular formula is C12H13BrN2O4. The van der Waals surface area contributed by atoms with Gasteiger partial charge in [0.15, 0.2) is 0 Å². The molecule has 1 rings (SSSR count). The van der Waals surface area contributed by atoms with Gasteiger partial charge in [0.2, 0.25) is 5.91 Å². The van der Waals surface area contributed by atoms with Crippen LogP contribution in [0, 0.1) is 17.0 Å². The number of carbonyl (C=O) groups is 2. The van der Waals surface area contributed by atoms with Crippen molar-refractivity contribution in [2.75, 3.05) is 5.32 Å². The highest BCUT2D eigenvalue weighted by molar-refractivity contribution is 9.10. The molecule has 1 aromatic rings. The van der Waals surface area contributed by atoms with Crippen molar-refractivity contribution < 1.29 is 14.5 Å². The van der Waals surface area contributed by atoms with Crippen LogP contribution in [0.4, 0.5) is 11.4 Å². The van der Waals surface area contributed by atoms with Gasteiger partial charge in [0, 0.05) is 28.9 Å². The number of anilines is 1. The highest BCUT2D eigenvalue weighted by atomic mass is 79.9. The van der Waals surface area contributed by atoms with Gasteiger partial charge in [0.05, 0.1) is 10.6 Å². The first-order chi connectivity index (χ1) is 8.81. The second-order valence-electron chi connectivity index (χ2n) is 4.13. The second kappa shape index (κ2) is 6.42. The highest BCUT2D eigenvalue weighted by Crippen LogP contribution is 2.30. The lowest BCUT2D eigenvalue weighted by atomic mass is 10.1. The van der Waals surface area contributed by atoms with E-state index in [0.29, 0.717) is 15.7 Å². The van der Waals surface area contributed by atoms with Gasteiger partial charge in [-0.15, -0.1) is 0 Å². The molecule has 1 amide bonds. The van der Waals surface area contributed by atoms with E-state index < -0.39 is 4.92 Å². The van der Waals surface area contributed by atoms with Crippen LogP contribution in [0.5, 0.6) is 0 Å². The first-order valence-electron chi connectivity index (χ1n) is 5.55. The molecule has 0 radical (unpaired) electrons. The summed E-state index contributed by atoms with van der Waals surface area (Å²) in [6, 6.07) is 2.86. The quantitative estimate of drug-likeness (QED) is 0.664. The van der Waals surface area contributed by atoms with Crippen molar-refractivity contribution in [2.45, 2.75) is 26.7 Å². The number of carbonyl (C=O) groups excluding carboxylic acids is 2. The van der Waals surface area contributed by atoms with E-state index in [1.165, 1.54) is 13.0 Å². The Hall–Kier alpha value is -1.76. The summed E-state index contributed by atoms with van der Waals surface area (Å²) in [4.78, 5) is 32.7. The number of hydrogen-bond donors (Lipinski definition) is 1. The van der Waals surface area contributed by atoms with Crippen LogP contribution >= 0.6 is 15.9 Å². The summed E-state index contributed by atoms with van der Waals surface area (Å²) in [6.45, 7) is 3.02. The zero-order valence-corrected chi connectivity index (χ0v) is 12.1. The van der Waals surface area contributed by atoms with Crippen molar-refractivity contribution in [1.82, 2.24) is 0 Å². The number of halogens is 1. The van der Waals surface area contributed by atoms with Crippen LogP contribution in [0.2, 0.25) is 0 Å². The molecule has 19 heavy (non-hydrogen) atoms. The summed E-state index contributed by atoms with van der Waals surface area (Å²) in [7, 11) is 0. The molecular weight excluding hydrogens is 316 g/mol. The molecule has 0 aliphatic heterocycles. The Morgan fingerprint density at radius 3 is 2.53 bits per heavy atom. The lowest BCUT2D eigenvalue weighted by Crippen LogP contribution is -2.13. The number of benzene rings is 1. The highest BCUT2D eigenvalue weighted by Gasteiger charge is 2.15. The Morgan fingerprint density at radius 2 is 2.00 bits per heavy atom. The summed E-state index contributed by atoms with van der Waals surface area (Å²) in [5.74, 6) is -0.432. The smallest absolute Gasteiger partial charge is 0.274 e. The van der Waals surface area contributed by atoms with E-state index in [4.69, 9.17) is 0 Å². The molecule has 0 bridgehead atoms. The van der Waals surface area contributed by atoms with Gasteiger partial charge < -0.3 is 10.1 Å². The summed E-state index contributed by atoms with van der Waals surface area (Å²) in [5, 5.41) is 13.4. The van der Waals surface area contributed by atoms with E-state index >= 15 is 0 Å². The fourth-order valence-electron chi connectivity index (χ4n) is 1.46. The van der Waals surface area contributed by atoms with Crippen LogP contribution in [-0.2, 0) is 9.59 Å². The summed E-state index contributed by atoms with van der Waals surface area (Å²) >= 11 is 3.23. The monoisotopic (exact) mass is 328 g/mol. The molecule has 0 fully saturated rings. The molecule has 0 aliphatic rings. The maximum atomic E-state index is 11.6. The fraction of sp³-hybridized carbons (Fsp3) is 0.333. The van der Waals surface area contributed by atoms with E-state index in [1.54, 1.807) is 13.0 Å². The van der Waals surface area contributed by atoms with Crippen molar-refractivity contribution in [2.24, 2.45) is 0 Å². The molecule has 1 N–H and O–H groups in total. The van der Waals surface area contributed by atoms with Crippen LogP contribution in [0.1, 0.15) is 25.3 Å². The predicted molar refractivity (Wildman–Crippen MR) is 74.1 cm³/mol. The second-order valence-corrected chi connectivity index (χ2v) is 4.98. The number of nitrogens with zero attached hydrogens (tertiary/aromatic N) is 1. The number of nitrogens with one attached hydrogen (secondary N) is 1. The van der Waals surface area contributed by atoms with Gasteiger partial charge in [0.25, 0.3) is 5.69 Å². The molecule has 0 atom stereocenters. The Morgan fingerprint density at radius 1 is 1.37 bits per heavy atom. The van der Waals surface area contributed by atoms with Gasteiger partial charge >= 0.3 is 0 Å². The minimum Gasteiger partial charge on any atom is -0.325 e. The van der Waals surface area contributed by atoms with Crippen LogP contribution in [0.3, 0.4) is 0 Å². The first-order valence-corrected chi connectivity index (χ1v) is 6.34. The van der Waals surface area contributed by atoms with Crippen LogP contribution in [-0.4, -0.2) is 16.6 Å². The third kappa shape index (κ3) is 4.44. The molecule has 1 aromatic carbocycles. The van der Waals surface area contributed by atoms with Gasteiger partial charge in [-0.25, -0.2) is 0 Å². The maximum Gasteiger partial charge on any atom is 0.274 e. The Kier molecular flexibility index (Phi) is 5.17. The number of ketones is 1. The summed E-state index contributed by atoms with van der Waals surface area (Å²) in [6.07, 6.45) is 0.209. The summed E-state index contributed by atoms with van der Waals surface area (Å²) < 4.78 is 0.562. The number of rotatable bonds is 5. The Bertz CT molecular complexity index is 543. The third-order valence-electron chi connectivity index (χ3n) is 2.46. The van der Waals surface area contributed by atoms with Gasteiger partial charge in [-0.2, -0.15) is 0 Å². The normalized spacial score (nSPS) is 10.1. The zero-order valence-electron chi connectivity index (χ0n) is 10.5. The SMILES string of the molecule is CC(=O)CCC(=O)Nc1cc([N+](=O)[O-])c(C)cc1Br. The van der Waals surface area contributed by atoms with E-state index in [2.05, 4.69) is 21.2 Å². The maximum absolute atomic E-state index is 11.6. The van der Waals surface area contributed by atoms with Crippen molar-refractivity contribution in [1.29, 1.82) is 0 Å². The van der Waals surface area contributed by atoms with Gasteiger partial charge in [-0.1, -0.05) is 0 Å². The topological polar surface area (TPSA) is 89.3 Å². The minimum absolute atomic E-state index is 0.0590. The van der Waals surface area contributed by atoms with Crippen molar-refractivity contribution in [3.63, 3.8) is 0 Å². The van der Waals surface area contributed by atoms with Crippen LogP contribution in [0.25, 0.3) is 0 Å². The standard InChI is InChI=1S/C12H13BrN2O4/c1-7-5-9(13)10(6-11(7)15(18)19)14-12(17)4-3-8(2)16/h5-6H,3-4H2,1-2H3,(H,14,17). The summed E-state index contributed by atoms with van der Waals surface area (Å²) in [5.41, 5.74) is 0.759. The molecule has 7 heteroatoms. The Balaban J connectivity index is 2.89. The molecule has 0 aliphatic carbocycles. The molecule has 102 valence electrons. The molecule has 0 unspecified atom stereocenters. The molecule has 0 saturated carbocycles. The minimum atomic E-state index is -0.507. The van der Waals surface area contributed by atoms with Crippen molar-refractivity contribution >= 4 is 39.0 Å². The lowest BCUT2D eigenvalue weighted by Gasteiger charge is -2.08. The molecule has 0 aromatic heterocycles. The molecule has 0 saturated heterocycles. The first kappa shape index (κ1) is 15.3. The average Bonchev–Trinajstić information content (AvgIpc) is 2.29. The molecule has 0 spiro atoms. The lowest BCUT2D eigenvalue weighted by molar-refractivity contribution is -0.385. The van der Waals surface area contributed by atoms with Gasteiger partial charge in [0.1, 0.15) is 5.78 Å². The fourth-order valence-corrected chi connectivity index (χ4v) is 2.01. The average molecular weight is 329 g/mol. The van der Waals surface area contributed by atoms with Gasteiger partial charge in [-0.05, 0) is 35.8 Å². The number of amides is 1. The van der Waals surface area contributed by atoms with E-state index in [-0.39, 0.29) is 30.2 Å². The number of hydrogen-bond acceptors (Lipinski definition) is 4. The molecule has 6 nitrogen and oxygen atoms in total. The van der Waals surface area contributed by atoms with E-state index in [9.17, 15) is 19.7 Å². The number of nitro groups is 1. The Labute approximate surface area is 118 Å². The third-order valence-corrected chi connectivity index (χ3v) is 3.12. The number of Topliss-reactive ketones (excluding diaryl/α,β-unsaturated/α-hetero) is 1. The van der Waals surface area contributed by atoms with E-state index in [1.807, 2.05) is 0 Å². The van der Waals surface area contributed by atoms with Crippen LogP contribution in [0.15, 0.2) is 16.6 Å². The predicted octanol–water partition coefficient (Wildman–Crippen LogP) is 2.97. The number of aryl methyl sites for hydroxylation is 1. The van der Waals surface area contributed by atoms with E-state index in [0.717, 1.165) is 0 Å². The molecule has 0 heterocycles. The van der Waals surface area contributed by atoms with Crippen molar-refractivity contribution in [3.8, 4) is 0 Å². The van der Waals surface area contributed by atoms with Crippen molar-refractivity contribution in [3.05, 3.63) is 32.3 Å². The van der Waals surface area contributed by atoms with Crippen LogP contribution < -0.4 is 5.32 Å². The van der Waals surface area contributed by atoms with Gasteiger partial charge in [-0.3, -0.25) is 14.9 Å². The zero-order chi connectivity index (χ0) is 14.6. The largest absolute Gasteiger partial charge is 0.325 e.